The quantitative estimate of drug-likeness (QED) is 0.756. The molecule has 0 unspecified atom stereocenters. The van der Waals surface area contributed by atoms with Gasteiger partial charge in [0.25, 0.3) is 12.3 Å². The Morgan fingerprint density at radius 3 is 2.81 bits per heavy atom. The van der Waals surface area contributed by atoms with Crippen molar-refractivity contribution < 1.29 is 9.15 Å². The van der Waals surface area contributed by atoms with Crippen molar-refractivity contribution in [3.8, 4) is 23.8 Å². The summed E-state index contributed by atoms with van der Waals surface area (Å²) in [5.74, 6) is 0.454. The van der Waals surface area contributed by atoms with Gasteiger partial charge in [0, 0.05) is 0 Å². The van der Waals surface area contributed by atoms with Crippen LogP contribution in [0.25, 0.3) is 0 Å². The lowest BCUT2D eigenvalue weighted by Crippen LogP contribution is -1.89. The SMILES string of the molecule is N#Cc1ccc(C#N)c(Oc2co[c]n2)c1. The molecule has 0 saturated carbocycles. The zero-order chi connectivity index (χ0) is 11.4. The summed E-state index contributed by atoms with van der Waals surface area (Å²) in [5.41, 5.74) is 0.725. The summed E-state index contributed by atoms with van der Waals surface area (Å²) < 4.78 is 9.88. The molecule has 0 spiro atoms. The van der Waals surface area contributed by atoms with E-state index in [0.717, 1.165) is 0 Å². The Bertz CT molecular complexity index is 576. The molecule has 0 saturated heterocycles. The Morgan fingerprint density at radius 2 is 2.19 bits per heavy atom. The predicted octanol–water partition coefficient (Wildman–Crippen LogP) is 2.01. The third-order valence-electron chi connectivity index (χ3n) is 1.81. The second-order valence-corrected chi connectivity index (χ2v) is 2.81. The summed E-state index contributed by atoms with van der Waals surface area (Å²) in [7, 11) is 0. The second-order valence-electron chi connectivity index (χ2n) is 2.81. The maximum Gasteiger partial charge on any atom is 0.287 e. The van der Waals surface area contributed by atoms with E-state index < -0.39 is 0 Å². The van der Waals surface area contributed by atoms with Crippen molar-refractivity contribution in [1.29, 1.82) is 10.5 Å². The molecule has 0 bridgehead atoms. The molecule has 1 aromatic heterocycles. The molecule has 75 valence electrons. The van der Waals surface area contributed by atoms with Gasteiger partial charge in [0.05, 0.1) is 17.2 Å². The van der Waals surface area contributed by atoms with Crippen LogP contribution in [0.15, 0.2) is 28.9 Å². The van der Waals surface area contributed by atoms with Gasteiger partial charge in [-0.3, -0.25) is 0 Å². The van der Waals surface area contributed by atoms with E-state index >= 15 is 0 Å². The predicted molar refractivity (Wildman–Crippen MR) is 51.3 cm³/mol. The minimum Gasteiger partial charge on any atom is -0.437 e. The van der Waals surface area contributed by atoms with Crippen LogP contribution >= 0.6 is 0 Å². The van der Waals surface area contributed by atoms with Crippen LogP contribution in [-0.4, -0.2) is 4.98 Å². The van der Waals surface area contributed by atoms with E-state index in [0.29, 0.717) is 11.1 Å². The van der Waals surface area contributed by atoms with Gasteiger partial charge in [-0.2, -0.15) is 15.5 Å². The van der Waals surface area contributed by atoms with Crippen molar-refractivity contribution in [3.05, 3.63) is 42.0 Å². The van der Waals surface area contributed by atoms with Crippen LogP contribution in [0.5, 0.6) is 11.6 Å². The molecule has 0 atom stereocenters. The molecule has 0 N–H and O–H groups in total. The highest BCUT2D eigenvalue weighted by Crippen LogP contribution is 2.24. The number of ether oxygens (including phenoxy) is 1. The fourth-order valence-electron chi connectivity index (χ4n) is 1.10. The first kappa shape index (κ1) is 9.75. The van der Waals surface area contributed by atoms with Gasteiger partial charge in [0.2, 0.25) is 0 Å². The van der Waals surface area contributed by atoms with Crippen LogP contribution in [-0.2, 0) is 0 Å². The first-order valence-electron chi connectivity index (χ1n) is 4.27. The first-order chi connectivity index (χ1) is 7.83. The lowest BCUT2D eigenvalue weighted by Gasteiger charge is -2.03. The van der Waals surface area contributed by atoms with E-state index in [4.69, 9.17) is 15.3 Å². The molecule has 5 nitrogen and oxygen atoms in total. The normalized spacial score (nSPS) is 9.12. The van der Waals surface area contributed by atoms with Gasteiger partial charge in [0.15, 0.2) is 6.26 Å². The Morgan fingerprint density at radius 1 is 1.31 bits per heavy atom. The van der Waals surface area contributed by atoms with E-state index in [1.807, 2.05) is 12.1 Å². The van der Waals surface area contributed by atoms with Crippen molar-refractivity contribution in [2.75, 3.05) is 0 Å². The monoisotopic (exact) mass is 210 g/mol. The van der Waals surface area contributed by atoms with Crippen LogP contribution in [0, 0.1) is 29.1 Å². The zero-order valence-electron chi connectivity index (χ0n) is 7.97. The third kappa shape index (κ3) is 1.84. The molecule has 2 aromatic rings. The minimum absolute atomic E-state index is 0.187. The van der Waals surface area contributed by atoms with E-state index in [9.17, 15) is 0 Å². The zero-order valence-corrected chi connectivity index (χ0v) is 7.97. The summed E-state index contributed by atoms with van der Waals surface area (Å²) >= 11 is 0. The molecular weight excluding hydrogens is 206 g/mol. The molecule has 16 heavy (non-hydrogen) atoms. The van der Waals surface area contributed by atoms with Crippen LogP contribution in [0.4, 0.5) is 0 Å². The summed E-state index contributed by atoms with van der Waals surface area (Å²) in [6.07, 6.45) is 3.47. The highest BCUT2D eigenvalue weighted by Gasteiger charge is 2.07. The molecule has 0 aliphatic carbocycles. The number of nitriles is 2. The molecule has 1 heterocycles. The molecule has 0 aliphatic heterocycles. The van der Waals surface area contributed by atoms with E-state index in [1.165, 1.54) is 18.4 Å². The smallest absolute Gasteiger partial charge is 0.287 e. The number of benzene rings is 1. The second kappa shape index (κ2) is 4.16. The van der Waals surface area contributed by atoms with Crippen LogP contribution in [0.2, 0.25) is 0 Å². The Hall–Kier alpha value is -2.79. The average Bonchev–Trinajstić information content (AvgIpc) is 2.82. The van der Waals surface area contributed by atoms with Crippen molar-refractivity contribution in [1.82, 2.24) is 4.98 Å². The fraction of sp³-hybridized carbons (Fsp3) is 0. The lowest BCUT2D eigenvalue weighted by molar-refractivity contribution is 0.455. The fourth-order valence-corrected chi connectivity index (χ4v) is 1.10. The minimum atomic E-state index is 0.187. The lowest BCUT2D eigenvalue weighted by atomic mass is 10.1. The largest absolute Gasteiger partial charge is 0.437 e. The number of hydrogen-bond donors (Lipinski definition) is 0. The van der Waals surface area contributed by atoms with E-state index in [-0.39, 0.29) is 11.6 Å². The van der Waals surface area contributed by atoms with Gasteiger partial charge in [-0.25, -0.2) is 0 Å². The standard InChI is InChI=1S/C11H4N3O2/c12-4-8-1-2-9(5-13)10(3-8)16-11-6-15-7-14-11/h1-3,6H. The van der Waals surface area contributed by atoms with Crippen LogP contribution < -0.4 is 4.74 Å². The van der Waals surface area contributed by atoms with Crippen molar-refractivity contribution in [2.45, 2.75) is 0 Å². The Labute approximate surface area is 91.1 Å². The highest BCUT2D eigenvalue weighted by molar-refractivity contribution is 5.49. The summed E-state index contributed by atoms with van der Waals surface area (Å²) in [6, 6.07) is 8.43. The number of nitrogens with zero attached hydrogens (tertiary/aromatic N) is 3. The highest BCUT2D eigenvalue weighted by atomic mass is 16.5. The number of oxazole rings is 1. The van der Waals surface area contributed by atoms with Crippen molar-refractivity contribution in [2.24, 2.45) is 0 Å². The molecule has 0 aliphatic rings. The van der Waals surface area contributed by atoms with Gasteiger partial charge in [0.1, 0.15) is 11.8 Å². The molecule has 0 fully saturated rings. The molecule has 5 heteroatoms. The molecule has 1 aromatic carbocycles. The van der Waals surface area contributed by atoms with Crippen molar-refractivity contribution >= 4 is 0 Å². The molecule has 0 amide bonds. The number of rotatable bonds is 2. The molecule has 2 rings (SSSR count). The number of hydrogen-bond acceptors (Lipinski definition) is 5. The summed E-state index contributed by atoms with van der Waals surface area (Å²) in [5, 5.41) is 17.6. The van der Waals surface area contributed by atoms with Gasteiger partial charge >= 0.3 is 0 Å². The summed E-state index contributed by atoms with van der Waals surface area (Å²) in [6.45, 7) is 0. The van der Waals surface area contributed by atoms with Crippen LogP contribution in [0.3, 0.4) is 0 Å². The van der Waals surface area contributed by atoms with Gasteiger partial charge in [-0.1, -0.05) is 0 Å². The van der Waals surface area contributed by atoms with Crippen LogP contribution in [0.1, 0.15) is 11.1 Å². The van der Waals surface area contributed by atoms with Gasteiger partial charge in [-0.15, -0.1) is 0 Å². The molecule has 1 radical (unpaired) electrons. The topological polar surface area (TPSA) is 82.8 Å². The first-order valence-corrected chi connectivity index (χ1v) is 4.27. The van der Waals surface area contributed by atoms with E-state index in [2.05, 4.69) is 15.8 Å². The van der Waals surface area contributed by atoms with Gasteiger partial charge < -0.3 is 9.15 Å². The maximum atomic E-state index is 8.85. The average molecular weight is 210 g/mol. The van der Waals surface area contributed by atoms with Gasteiger partial charge in [-0.05, 0) is 18.2 Å². The maximum absolute atomic E-state index is 8.85. The number of aromatic nitrogens is 1. The van der Waals surface area contributed by atoms with Crippen molar-refractivity contribution in [3.63, 3.8) is 0 Å². The Kier molecular flexibility index (Phi) is 2.53. The van der Waals surface area contributed by atoms with E-state index in [1.54, 1.807) is 6.07 Å². The third-order valence-corrected chi connectivity index (χ3v) is 1.81. The summed E-state index contributed by atoms with van der Waals surface area (Å²) in [4.78, 5) is 3.64. The molecular formula is C11H4N3O2. The Balaban J connectivity index is 2.39.